The number of benzene rings is 2. The Kier molecular flexibility index (Phi) is 6.45. The lowest BCUT2D eigenvalue weighted by Gasteiger charge is -2.05. The maximum absolute atomic E-state index is 12.0. The van der Waals surface area contributed by atoms with Crippen LogP contribution in [0.3, 0.4) is 0 Å². The van der Waals surface area contributed by atoms with Gasteiger partial charge in [-0.05, 0) is 42.8 Å². The van der Waals surface area contributed by atoms with Crippen molar-refractivity contribution in [1.29, 1.82) is 0 Å². The van der Waals surface area contributed by atoms with Gasteiger partial charge < -0.3 is 9.73 Å². The van der Waals surface area contributed by atoms with Crippen LogP contribution in [0.2, 0.25) is 0 Å². The number of hydrogen-bond donors (Lipinski definition) is 2. The molecule has 1 aromatic heterocycles. The summed E-state index contributed by atoms with van der Waals surface area (Å²) in [5.41, 5.74) is 1.36. The third-order valence-corrected chi connectivity index (χ3v) is 5.50. The van der Waals surface area contributed by atoms with Gasteiger partial charge in [-0.25, -0.2) is 13.6 Å². The Morgan fingerprint density at radius 3 is 2.46 bits per heavy atom. The largest absolute Gasteiger partial charge is 0.411 e. The molecule has 146 valence electrons. The number of hydrogen-bond acceptors (Lipinski definition) is 7. The first kappa shape index (κ1) is 20.1. The summed E-state index contributed by atoms with van der Waals surface area (Å²) < 4.78 is 28.0. The molecule has 0 bridgehead atoms. The molecule has 0 radical (unpaired) electrons. The minimum atomic E-state index is -3.74. The van der Waals surface area contributed by atoms with Crippen molar-refractivity contribution in [3.63, 3.8) is 0 Å². The highest BCUT2D eigenvalue weighted by atomic mass is 32.2. The molecule has 0 aliphatic carbocycles. The van der Waals surface area contributed by atoms with Crippen LogP contribution in [0.5, 0.6) is 0 Å². The first-order chi connectivity index (χ1) is 13.4. The quantitative estimate of drug-likeness (QED) is 0.425. The van der Waals surface area contributed by atoms with E-state index >= 15 is 0 Å². The van der Waals surface area contributed by atoms with Crippen LogP contribution in [-0.2, 0) is 14.8 Å². The smallest absolute Gasteiger partial charge is 0.276 e. The molecule has 3 rings (SSSR count). The molecule has 0 fully saturated rings. The highest BCUT2D eigenvalue weighted by molar-refractivity contribution is 7.99. The molecule has 10 heteroatoms. The SMILES string of the molecule is NS(=O)(=O)c1ccc(NC(=O)CCCSc2nnc(-c3ccccc3)o2)cc1. The molecule has 0 aliphatic rings. The van der Waals surface area contributed by atoms with E-state index in [1.807, 2.05) is 30.3 Å². The number of sulfonamides is 1. The summed E-state index contributed by atoms with van der Waals surface area (Å²) in [5.74, 6) is 0.942. The van der Waals surface area contributed by atoms with E-state index in [0.29, 0.717) is 35.4 Å². The first-order valence-corrected chi connectivity index (χ1v) is 10.9. The maximum Gasteiger partial charge on any atom is 0.276 e. The monoisotopic (exact) mass is 418 g/mol. The molecule has 0 saturated carbocycles. The van der Waals surface area contributed by atoms with Crippen molar-refractivity contribution < 1.29 is 17.6 Å². The zero-order chi connectivity index (χ0) is 20.0. The van der Waals surface area contributed by atoms with E-state index in [-0.39, 0.29) is 10.8 Å². The van der Waals surface area contributed by atoms with Crippen LogP contribution in [0.4, 0.5) is 5.69 Å². The van der Waals surface area contributed by atoms with E-state index in [1.165, 1.54) is 36.0 Å². The second-order valence-corrected chi connectivity index (χ2v) is 8.42. The Morgan fingerprint density at radius 1 is 1.07 bits per heavy atom. The van der Waals surface area contributed by atoms with Gasteiger partial charge >= 0.3 is 0 Å². The van der Waals surface area contributed by atoms with E-state index < -0.39 is 10.0 Å². The Bertz CT molecular complexity index is 1030. The highest BCUT2D eigenvalue weighted by Gasteiger charge is 2.10. The van der Waals surface area contributed by atoms with Crippen LogP contribution in [-0.4, -0.2) is 30.3 Å². The topological polar surface area (TPSA) is 128 Å². The molecule has 8 nitrogen and oxygen atoms in total. The van der Waals surface area contributed by atoms with E-state index in [1.54, 1.807) is 0 Å². The van der Waals surface area contributed by atoms with Crippen molar-refractivity contribution in [3.05, 3.63) is 54.6 Å². The minimum Gasteiger partial charge on any atom is -0.411 e. The number of nitrogens with zero attached hydrogens (tertiary/aromatic N) is 2. The third kappa shape index (κ3) is 5.65. The zero-order valence-corrected chi connectivity index (χ0v) is 16.4. The lowest BCUT2D eigenvalue weighted by atomic mass is 10.2. The summed E-state index contributed by atoms with van der Waals surface area (Å²) in [5, 5.41) is 16.2. The van der Waals surface area contributed by atoms with Crippen LogP contribution in [0.25, 0.3) is 11.5 Å². The number of carbonyl (C=O) groups is 1. The summed E-state index contributed by atoms with van der Waals surface area (Å²) in [6.45, 7) is 0. The van der Waals surface area contributed by atoms with Crippen LogP contribution in [0.15, 0.2) is 69.1 Å². The predicted molar refractivity (Wildman–Crippen MR) is 106 cm³/mol. The fourth-order valence-corrected chi connectivity index (χ4v) is 3.52. The van der Waals surface area contributed by atoms with Gasteiger partial charge in [-0.1, -0.05) is 30.0 Å². The fraction of sp³-hybridized carbons (Fsp3) is 0.167. The lowest BCUT2D eigenvalue weighted by Crippen LogP contribution is -2.13. The average molecular weight is 419 g/mol. The molecule has 0 unspecified atom stereocenters. The number of amides is 1. The highest BCUT2D eigenvalue weighted by Crippen LogP contribution is 2.23. The number of rotatable bonds is 8. The van der Waals surface area contributed by atoms with Gasteiger partial charge in [-0.2, -0.15) is 0 Å². The van der Waals surface area contributed by atoms with Crippen LogP contribution in [0, 0.1) is 0 Å². The number of primary sulfonamides is 1. The molecule has 0 spiro atoms. The molecule has 3 aromatic rings. The van der Waals surface area contributed by atoms with Gasteiger partial charge in [0.2, 0.25) is 21.8 Å². The van der Waals surface area contributed by atoms with Crippen molar-refractivity contribution >= 4 is 33.4 Å². The maximum atomic E-state index is 12.0. The van der Waals surface area contributed by atoms with Crippen molar-refractivity contribution in [2.75, 3.05) is 11.1 Å². The van der Waals surface area contributed by atoms with E-state index in [2.05, 4.69) is 15.5 Å². The van der Waals surface area contributed by atoms with Crippen molar-refractivity contribution in [3.8, 4) is 11.5 Å². The van der Waals surface area contributed by atoms with Gasteiger partial charge in [0.05, 0.1) is 4.90 Å². The van der Waals surface area contributed by atoms with Crippen molar-refractivity contribution in [2.24, 2.45) is 5.14 Å². The van der Waals surface area contributed by atoms with Gasteiger partial charge in [0, 0.05) is 23.4 Å². The molecule has 28 heavy (non-hydrogen) atoms. The summed E-state index contributed by atoms with van der Waals surface area (Å²) in [4.78, 5) is 12.0. The van der Waals surface area contributed by atoms with Gasteiger partial charge in [-0.15, -0.1) is 10.2 Å². The molecule has 2 aromatic carbocycles. The molecule has 0 saturated heterocycles. The molecule has 0 aliphatic heterocycles. The van der Waals surface area contributed by atoms with E-state index in [4.69, 9.17) is 9.56 Å². The Morgan fingerprint density at radius 2 is 1.79 bits per heavy atom. The number of thioether (sulfide) groups is 1. The molecular weight excluding hydrogens is 400 g/mol. The van der Waals surface area contributed by atoms with Crippen LogP contribution in [0.1, 0.15) is 12.8 Å². The summed E-state index contributed by atoms with van der Waals surface area (Å²) >= 11 is 1.39. The van der Waals surface area contributed by atoms with Gasteiger partial charge in [-0.3, -0.25) is 4.79 Å². The van der Waals surface area contributed by atoms with E-state index in [0.717, 1.165) is 5.56 Å². The second-order valence-electron chi connectivity index (χ2n) is 5.81. The van der Waals surface area contributed by atoms with Gasteiger partial charge in [0.1, 0.15) is 0 Å². The summed E-state index contributed by atoms with van der Waals surface area (Å²) in [6.07, 6.45) is 0.929. The normalized spacial score (nSPS) is 11.3. The molecule has 1 heterocycles. The first-order valence-electron chi connectivity index (χ1n) is 8.36. The van der Waals surface area contributed by atoms with Crippen molar-refractivity contribution in [1.82, 2.24) is 10.2 Å². The summed E-state index contributed by atoms with van der Waals surface area (Å²) in [7, 11) is -3.74. The predicted octanol–water partition coefficient (Wildman–Crippen LogP) is 2.90. The van der Waals surface area contributed by atoms with Crippen LogP contribution >= 0.6 is 11.8 Å². The minimum absolute atomic E-state index is 0.00340. The van der Waals surface area contributed by atoms with E-state index in [9.17, 15) is 13.2 Å². The fourth-order valence-electron chi connectivity index (χ4n) is 2.31. The number of anilines is 1. The lowest BCUT2D eigenvalue weighted by molar-refractivity contribution is -0.116. The number of nitrogens with two attached hydrogens (primary N) is 1. The Labute approximate surface area is 166 Å². The molecule has 3 N–H and O–H groups in total. The van der Waals surface area contributed by atoms with Crippen LogP contribution < -0.4 is 10.5 Å². The molecule has 1 amide bonds. The number of nitrogens with one attached hydrogen (secondary N) is 1. The summed E-state index contributed by atoms with van der Waals surface area (Å²) in [6, 6.07) is 15.2. The Balaban J connectivity index is 1.42. The van der Waals surface area contributed by atoms with Gasteiger partial charge in [0.15, 0.2) is 0 Å². The second kappa shape index (κ2) is 9.00. The third-order valence-electron chi connectivity index (χ3n) is 3.67. The molecular formula is C18H18N4O4S2. The average Bonchev–Trinajstić information content (AvgIpc) is 3.15. The Hall–Kier alpha value is -2.69. The van der Waals surface area contributed by atoms with Gasteiger partial charge in [0.25, 0.3) is 5.22 Å². The van der Waals surface area contributed by atoms with Crippen molar-refractivity contribution in [2.45, 2.75) is 23.0 Å². The standard InChI is InChI=1S/C18H18N4O4S2/c19-28(24,25)15-10-8-14(9-11-15)20-16(23)7-4-12-27-18-22-21-17(26-18)13-5-2-1-3-6-13/h1-3,5-6,8-11H,4,7,12H2,(H,20,23)(H2,19,24,25). The molecule has 0 atom stereocenters. The zero-order valence-electron chi connectivity index (χ0n) is 14.7. The number of aromatic nitrogens is 2. The number of carbonyl (C=O) groups excluding carboxylic acids is 1.